The van der Waals surface area contributed by atoms with Gasteiger partial charge in [-0.2, -0.15) is 0 Å². The smallest absolute Gasteiger partial charge is 0.257 e. The Morgan fingerprint density at radius 1 is 1.08 bits per heavy atom. The number of benzene rings is 2. The molecule has 2 N–H and O–H groups in total. The van der Waals surface area contributed by atoms with Gasteiger partial charge in [-0.05, 0) is 36.4 Å². The summed E-state index contributed by atoms with van der Waals surface area (Å²) in [6.07, 6.45) is 0. The van der Waals surface area contributed by atoms with E-state index in [-0.39, 0.29) is 17.5 Å². The first-order valence-corrected chi connectivity index (χ1v) is 7.89. The minimum absolute atomic E-state index is 0.163. The average molecular weight is 362 g/mol. The van der Waals surface area contributed by atoms with Gasteiger partial charge in [-0.1, -0.05) is 41.4 Å². The average Bonchev–Trinajstić information content (AvgIpc) is 3.07. The number of carbonyl (C=O) groups excluding carboxylic acids is 1. The van der Waals surface area contributed by atoms with Crippen molar-refractivity contribution < 1.29 is 14.3 Å². The topological polar surface area (TPSA) is 62.5 Å². The second-order valence-corrected chi connectivity index (χ2v) is 5.85. The lowest BCUT2D eigenvalue weighted by molar-refractivity contribution is 0.102. The number of nitrogens with one attached hydrogen (secondary N) is 1. The number of anilines is 1. The number of aliphatic hydroxyl groups is 1. The number of carbonyl (C=O) groups is 1. The van der Waals surface area contributed by atoms with Crippen LogP contribution >= 0.6 is 23.2 Å². The summed E-state index contributed by atoms with van der Waals surface area (Å²) in [4.78, 5) is 12.4. The van der Waals surface area contributed by atoms with Gasteiger partial charge < -0.3 is 14.8 Å². The highest BCUT2D eigenvalue weighted by molar-refractivity contribution is 6.44. The molecule has 3 aromatic rings. The SMILES string of the molecule is O=C(Nc1cccc(-c2ccc(CO)o2)c1)c1cccc(Cl)c1Cl. The summed E-state index contributed by atoms with van der Waals surface area (Å²) >= 11 is 12.0. The van der Waals surface area contributed by atoms with Gasteiger partial charge in [-0.15, -0.1) is 0 Å². The summed E-state index contributed by atoms with van der Waals surface area (Å²) in [5.74, 6) is 0.733. The predicted molar refractivity (Wildman–Crippen MR) is 94.5 cm³/mol. The van der Waals surface area contributed by atoms with E-state index in [0.717, 1.165) is 5.56 Å². The Bertz CT molecular complexity index is 889. The highest BCUT2D eigenvalue weighted by Gasteiger charge is 2.13. The van der Waals surface area contributed by atoms with Gasteiger partial charge in [-0.3, -0.25) is 4.79 Å². The Morgan fingerprint density at radius 3 is 2.62 bits per heavy atom. The molecular formula is C18H13Cl2NO3. The molecule has 0 unspecified atom stereocenters. The molecule has 122 valence electrons. The minimum atomic E-state index is -0.352. The molecule has 0 atom stereocenters. The molecule has 1 aromatic heterocycles. The molecule has 0 aliphatic heterocycles. The second kappa shape index (κ2) is 7.09. The summed E-state index contributed by atoms with van der Waals surface area (Å²) in [6.45, 7) is -0.163. The van der Waals surface area contributed by atoms with Crippen LogP contribution in [0.5, 0.6) is 0 Å². The molecule has 2 aromatic carbocycles. The van der Waals surface area contributed by atoms with E-state index in [2.05, 4.69) is 5.32 Å². The van der Waals surface area contributed by atoms with E-state index in [1.165, 1.54) is 0 Å². The normalized spacial score (nSPS) is 10.6. The Kier molecular flexibility index (Phi) is 4.90. The van der Waals surface area contributed by atoms with E-state index in [0.29, 0.717) is 27.8 Å². The van der Waals surface area contributed by atoms with Crippen molar-refractivity contribution in [3.8, 4) is 11.3 Å². The molecule has 1 amide bonds. The number of hydrogen-bond acceptors (Lipinski definition) is 3. The number of hydrogen-bond donors (Lipinski definition) is 2. The lowest BCUT2D eigenvalue weighted by Crippen LogP contribution is -2.12. The van der Waals surface area contributed by atoms with Crippen LogP contribution in [-0.2, 0) is 6.61 Å². The Hall–Kier alpha value is -2.27. The van der Waals surface area contributed by atoms with Crippen molar-refractivity contribution in [2.24, 2.45) is 0 Å². The second-order valence-electron chi connectivity index (χ2n) is 5.06. The molecule has 0 aliphatic rings. The highest BCUT2D eigenvalue weighted by atomic mass is 35.5. The van der Waals surface area contributed by atoms with Crippen molar-refractivity contribution in [2.45, 2.75) is 6.61 Å². The van der Waals surface area contributed by atoms with Gasteiger partial charge in [-0.25, -0.2) is 0 Å². The minimum Gasteiger partial charge on any atom is -0.459 e. The summed E-state index contributed by atoms with van der Waals surface area (Å²) < 4.78 is 5.50. The van der Waals surface area contributed by atoms with Crippen molar-refractivity contribution in [1.82, 2.24) is 0 Å². The van der Waals surface area contributed by atoms with Crippen LogP contribution in [0.2, 0.25) is 10.0 Å². The van der Waals surface area contributed by atoms with Crippen molar-refractivity contribution >= 4 is 34.8 Å². The molecule has 0 saturated carbocycles. The summed E-state index contributed by atoms with van der Waals surface area (Å²) in [6, 6.07) is 15.5. The van der Waals surface area contributed by atoms with Gasteiger partial charge in [0.25, 0.3) is 5.91 Å². The Labute approximate surface area is 148 Å². The van der Waals surface area contributed by atoms with Crippen LogP contribution in [0.25, 0.3) is 11.3 Å². The molecule has 0 spiro atoms. The van der Waals surface area contributed by atoms with Gasteiger partial charge in [0.15, 0.2) is 0 Å². The maximum Gasteiger partial charge on any atom is 0.257 e. The van der Waals surface area contributed by atoms with E-state index in [9.17, 15) is 4.79 Å². The van der Waals surface area contributed by atoms with Crippen LogP contribution in [-0.4, -0.2) is 11.0 Å². The van der Waals surface area contributed by atoms with Gasteiger partial charge >= 0.3 is 0 Å². The van der Waals surface area contributed by atoms with E-state index in [1.807, 2.05) is 6.07 Å². The fraction of sp³-hybridized carbons (Fsp3) is 0.0556. The number of furan rings is 1. The fourth-order valence-electron chi connectivity index (χ4n) is 2.25. The third-order valence-corrected chi connectivity index (χ3v) is 4.24. The van der Waals surface area contributed by atoms with Crippen LogP contribution in [0.1, 0.15) is 16.1 Å². The van der Waals surface area contributed by atoms with E-state index in [1.54, 1.807) is 48.5 Å². The molecule has 3 rings (SSSR count). The van der Waals surface area contributed by atoms with Crippen LogP contribution < -0.4 is 5.32 Å². The lowest BCUT2D eigenvalue weighted by Gasteiger charge is -2.08. The lowest BCUT2D eigenvalue weighted by atomic mass is 10.1. The van der Waals surface area contributed by atoms with E-state index >= 15 is 0 Å². The third kappa shape index (κ3) is 3.46. The van der Waals surface area contributed by atoms with Crippen LogP contribution in [0, 0.1) is 0 Å². The first kappa shape index (κ1) is 16.6. The summed E-state index contributed by atoms with van der Waals surface area (Å²) in [5.41, 5.74) is 1.68. The van der Waals surface area contributed by atoms with Crippen molar-refractivity contribution in [1.29, 1.82) is 0 Å². The fourth-order valence-corrected chi connectivity index (χ4v) is 2.63. The third-order valence-electron chi connectivity index (χ3n) is 3.42. The molecule has 1 heterocycles. The van der Waals surface area contributed by atoms with E-state index in [4.69, 9.17) is 32.7 Å². The van der Waals surface area contributed by atoms with Gasteiger partial charge in [0.05, 0.1) is 15.6 Å². The largest absolute Gasteiger partial charge is 0.459 e. The van der Waals surface area contributed by atoms with Crippen molar-refractivity contribution in [3.05, 3.63) is 76.0 Å². The molecule has 6 heteroatoms. The maximum absolute atomic E-state index is 12.4. The maximum atomic E-state index is 12.4. The quantitative estimate of drug-likeness (QED) is 0.687. The van der Waals surface area contributed by atoms with E-state index < -0.39 is 0 Å². The summed E-state index contributed by atoms with van der Waals surface area (Å²) in [5, 5.41) is 12.4. The molecule has 0 saturated heterocycles. The Balaban J connectivity index is 1.84. The van der Waals surface area contributed by atoms with Gasteiger partial charge in [0.1, 0.15) is 18.1 Å². The van der Waals surface area contributed by atoms with Gasteiger partial charge in [0.2, 0.25) is 0 Å². The molecule has 0 aliphatic carbocycles. The highest BCUT2D eigenvalue weighted by Crippen LogP contribution is 2.28. The zero-order chi connectivity index (χ0) is 17.1. The summed E-state index contributed by atoms with van der Waals surface area (Å²) in [7, 11) is 0. The van der Waals surface area contributed by atoms with Crippen LogP contribution in [0.3, 0.4) is 0 Å². The zero-order valence-electron chi connectivity index (χ0n) is 12.4. The molecule has 4 nitrogen and oxygen atoms in total. The first-order valence-electron chi connectivity index (χ1n) is 7.14. The van der Waals surface area contributed by atoms with Crippen molar-refractivity contribution in [3.63, 3.8) is 0 Å². The molecule has 24 heavy (non-hydrogen) atoms. The molecule has 0 radical (unpaired) electrons. The molecule has 0 fully saturated rings. The van der Waals surface area contributed by atoms with Gasteiger partial charge in [0, 0.05) is 11.3 Å². The monoisotopic (exact) mass is 361 g/mol. The van der Waals surface area contributed by atoms with Crippen LogP contribution in [0.4, 0.5) is 5.69 Å². The first-order chi connectivity index (χ1) is 11.6. The number of amides is 1. The Morgan fingerprint density at radius 2 is 1.88 bits per heavy atom. The number of rotatable bonds is 4. The number of aliphatic hydroxyl groups excluding tert-OH is 1. The standard InChI is InChI=1S/C18H13Cl2NO3/c19-15-6-2-5-14(17(15)20)18(23)21-12-4-1-3-11(9-12)16-8-7-13(10-22)24-16/h1-9,22H,10H2,(H,21,23). The van der Waals surface area contributed by atoms with Crippen LogP contribution in [0.15, 0.2) is 59.0 Å². The molecular weight excluding hydrogens is 349 g/mol. The zero-order valence-corrected chi connectivity index (χ0v) is 13.9. The van der Waals surface area contributed by atoms with Crippen molar-refractivity contribution in [2.75, 3.05) is 5.32 Å². The predicted octanol–water partition coefficient (Wildman–Crippen LogP) is 5.00. The molecule has 0 bridgehead atoms. The number of halogens is 2.